The normalized spacial score (nSPS) is 20.7. The van der Waals surface area contributed by atoms with Crippen LogP contribution in [0.5, 0.6) is 11.5 Å². The summed E-state index contributed by atoms with van der Waals surface area (Å²) in [5.74, 6) is 0.258. The predicted octanol–water partition coefficient (Wildman–Crippen LogP) is 6.18. The van der Waals surface area contributed by atoms with Gasteiger partial charge in [-0.3, -0.25) is 4.79 Å². The fourth-order valence-electron chi connectivity index (χ4n) is 5.09. The number of anilines is 1. The Morgan fingerprint density at radius 1 is 1.07 bits per heavy atom. The Bertz CT molecular complexity index is 1690. The van der Waals surface area contributed by atoms with Crippen LogP contribution in [0.2, 0.25) is 5.02 Å². The lowest BCUT2D eigenvalue weighted by molar-refractivity contribution is -0.119. The van der Waals surface area contributed by atoms with E-state index in [-0.39, 0.29) is 23.2 Å². The van der Waals surface area contributed by atoms with Gasteiger partial charge in [0.25, 0.3) is 5.91 Å². The maximum absolute atomic E-state index is 13.8. The van der Waals surface area contributed by atoms with Crippen LogP contribution in [0, 0.1) is 6.92 Å². The van der Waals surface area contributed by atoms with Crippen molar-refractivity contribution in [1.82, 2.24) is 5.32 Å². The minimum absolute atomic E-state index is 0.0513. The number of benzene rings is 3. The summed E-state index contributed by atoms with van der Waals surface area (Å²) in [7, 11) is -3.33. The number of hydrogen-bond donors (Lipinski definition) is 1. The molecule has 0 aliphatic carbocycles. The number of aryl methyl sites for hydroxylation is 1. The number of rotatable bonds is 7. The van der Waals surface area contributed by atoms with Crippen LogP contribution < -0.4 is 15.0 Å². The smallest absolute Gasteiger partial charge is 0.408 e. The van der Waals surface area contributed by atoms with Gasteiger partial charge in [0.1, 0.15) is 17.4 Å². The van der Waals surface area contributed by atoms with Gasteiger partial charge in [-0.1, -0.05) is 65.8 Å². The predicted molar refractivity (Wildman–Crippen MR) is 175 cm³/mol. The molecule has 0 radical (unpaired) electrons. The highest BCUT2D eigenvalue weighted by Gasteiger charge is 2.50. The first kappa shape index (κ1) is 31.9. The van der Waals surface area contributed by atoms with Gasteiger partial charge in [0.15, 0.2) is 20.8 Å². The molecule has 12 heteroatoms. The number of carbonyl (C=O) groups is 2. The number of carbonyl (C=O) groups excluding carboxylic acids is 2. The van der Waals surface area contributed by atoms with Gasteiger partial charge in [-0.05, 0) is 69.2 Å². The molecule has 5 rings (SSSR count). The number of amides is 2. The fraction of sp³-hybridized carbons (Fsp3) is 0.344. The Morgan fingerprint density at radius 2 is 1.82 bits per heavy atom. The molecule has 2 aliphatic rings. The molecule has 3 atom stereocenters. The molecular weight excluding hydrogens is 622 g/mol. The summed E-state index contributed by atoms with van der Waals surface area (Å²) in [4.78, 5) is 32.8. The van der Waals surface area contributed by atoms with Gasteiger partial charge in [0.05, 0.1) is 23.2 Å². The zero-order valence-corrected chi connectivity index (χ0v) is 27.2. The van der Waals surface area contributed by atoms with E-state index in [0.29, 0.717) is 27.4 Å². The minimum atomic E-state index is -3.33. The first-order valence-electron chi connectivity index (χ1n) is 14.1. The maximum atomic E-state index is 13.8. The van der Waals surface area contributed by atoms with Crippen molar-refractivity contribution < 1.29 is 27.5 Å². The zero-order chi connectivity index (χ0) is 31.6. The summed E-state index contributed by atoms with van der Waals surface area (Å²) in [6, 6.07) is 20.4. The Labute approximate surface area is 266 Å². The molecule has 3 aromatic carbocycles. The number of sulfone groups is 1. The molecule has 2 amide bonds. The Balaban J connectivity index is 1.53. The summed E-state index contributed by atoms with van der Waals surface area (Å²) < 4.78 is 37.1. The second kappa shape index (κ2) is 12.8. The molecule has 2 heterocycles. The number of hydrogen-bond acceptors (Lipinski definition) is 7. The van der Waals surface area contributed by atoms with Crippen molar-refractivity contribution in [1.29, 1.82) is 0 Å². The van der Waals surface area contributed by atoms with Gasteiger partial charge >= 0.3 is 6.09 Å². The van der Waals surface area contributed by atoms with Crippen molar-refractivity contribution in [2.24, 2.45) is 4.99 Å². The average Bonchev–Trinajstić information content (AvgIpc) is 3.39. The van der Waals surface area contributed by atoms with E-state index in [1.807, 2.05) is 61.5 Å². The van der Waals surface area contributed by atoms with Crippen LogP contribution in [0.1, 0.15) is 31.9 Å². The summed E-state index contributed by atoms with van der Waals surface area (Å²) in [6.07, 6.45) is -0.560. The van der Waals surface area contributed by atoms with Crippen LogP contribution in [0.4, 0.5) is 10.5 Å². The minimum Gasteiger partial charge on any atom is -0.455 e. The lowest BCUT2D eigenvalue weighted by Crippen LogP contribution is -2.45. The number of nitrogens with zero attached hydrogens (tertiary/aromatic N) is 2. The molecule has 2 fully saturated rings. The lowest BCUT2D eigenvalue weighted by atomic mass is 10.1. The van der Waals surface area contributed by atoms with E-state index in [1.54, 1.807) is 43.9 Å². The molecule has 3 aromatic rings. The summed E-state index contributed by atoms with van der Waals surface area (Å²) in [5, 5.41) is 3.04. The number of thioether (sulfide) groups is 1. The highest BCUT2D eigenvalue weighted by atomic mass is 35.5. The van der Waals surface area contributed by atoms with E-state index >= 15 is 0 Å². The van der Waals surface area contributed by atoms with E-state index in [9.17, 15) is 18.0 Å². The number of amidine groups is 1. The quantitative estimate of drug-likeness (QED) is 0.321. The molecule has 0 aromatic heterocycles. The van der Waals surface area contributed by atoms with Crippen LogP contribution in [0.25, 0.3) is 0 Å². The topological polar surface area (TPSA) is 114 Å². The third-order valence-corrected chi connectivity index (χ3v) is 10.4. The monoisotopic (exact) mass is 655 g/mol. The Morgan fingerprint density at radius 3 is 2.52 bits per heavy atom. The molecule has 9 nitrogen and oxygen atoms in total. The second-order valence-corrected chi connectivity index (χ2v) is 15.6. The molecular formula is C32H34ClN3O6S2. The number of aliphatic imine (C=N–C) groups is 1. The van der Waals surface area contributed by atoms with Crippen molar-refractivity contribution in [3.63, 3.8) is 0 Å². The van der Waals surface area contributed by atoms with Crippen molar-refractivity contribution >= 4 is 56.1 Å². The van der Waals surface area contributed by atoms with Gasteiger partial charge in [-0.2, -0.15) is 4.99 Å². The van der Waals surface area contributed by atoms with E-state index in [0.717, 1.165) is 11.1 Å². The number of ether oxygens (including phenoxy) is 2. The first-order chi connectivity index (χ1) is 20.8. The molecule has 2 aliphatic heterocycles. The largest absolute Gasteiger partial charge is 0.455 e. The van der Waals surface area contributed by atoms with Crippen LogP contribution >= 0.6 is 23.4 Å². The van der Waals surface area contributed by atoms with Gasteiger partial charge < -0.3 is 19.7 Å². The van der Waals surface area contributed by atoms with E-state index in [4.69, 9.17) is 21.1 Å². The van der Waals surface area contributed by atoms with E-state index in [2.05, 4.69) is 10.3 Å². The van der Waals surface area contributed by atoms with Crippen LogP contribution in [0.15, 0.2) is 77.8 Å². The molecule has 0 bridgehead atoms. The first-order valence-corrected chi connectivity index (χ1v) is 17.2. The molecule has 232 valence electrons. The Hall–Kier alpha value is -3.54. The fourth-order valence-corrected chi connectivity index (χ4v) is 9.17. The van der Waals surface area contributed by atoms with Crippen molar-refractivity contribution in [3.05, 3.63) is 88.9 Å². The molecule has 0 saturated carbocycles. The third kappa shape index (κ3) is 7.94. The van der Waals surface area contributed by atoms with E-state index in [1.165, 1.54) is 11.8 Å². The van der Waals surface area contributed by atoms with E-state index < -0.39 is 39.5 Å². The second-order valence-electron chi connectivity index (χ2n) is 11.8. The van der Waals surface area contributed by atoms with Crippen LogP contribution in [-0.2, 0) is 25.8 Å². The van der Waals surface area contributed by atoms with Gasteiger partial charge in [0, 0.05) is 16.7 Å². The van der Waals surface area contributed by atoms with Crippen molar-refractivity contribution in [2.45, 2.75) is 57.1 Å². The molecule has 2 saturated heterocycles. The highest BCUT2D eigenvalue weighted by Crippen LogP contribution is 2.45. The molecule has 0 unspecified atom stereocenters. The van der Waals surface area contributed by atoms with Crippen molar-refractivity contribution in [3.8, 4) is 11.5 Å². The number of alkyl carbamates (subject to hydrolysis) is 1. The number of fused-ring (bicyclic) bond motifs is 1. The molecule has 0 spiro atoms. The standard InChI is InChI=1S/C32H34ClN3O6S2/c1-20-9-8-12-23(15-20)41-27-14-13-22(33)17-25(27)36-26-18-44(39,40)19-28(26)43-30(36)35-29(37)24(16-21-10-6-5-7-11-21)34-31(38)42-32(2,3)4/h5-15,17,24,26,28H,16,18-19H2,1-4H3,(H,34,38)/t24-,26-,28-/m1/s1. The average molecular weight is 656 g/mol. The molecule has 1 N–H and O–H groups in total. The Kier molecular flexibility index (Phi) is 9.29. The number of halogens is 1. The van der Waals surface area contributed by atoms with Crippen LogP contribution in [0.3, 0.4) is 0 Å². The van der Waals surface area contributed by atoms with Gasteiger partial charge in [-0.25, -0.2) is 13.2 Å². The van der Waals surface area contributed by atoms with Gasteiger partial charge in [-0.15, -0.1) is 0 Å². The number of nitrogens with one attached hydrogen (secondary N) is 1. The van der Waals surface area contributed by atoms with Crippen LogP contribution in [-0.4, -0.2) is 60.0 Å². The summed E-state index contributed by atoms with van der Waals surface area (Å²) in [6.45, 7) is 7.17. The summed E-state index contributed by atoms with van der Waals surface area (Å²) in [5.41, 5.74) is 1.55. The van der Waals surface area contributed by atoms with Gasteiger partial charge in [0.2, 0.25) is 0 Å². The highest BCUT2D eigenvalue weighted by molar-refractivity contribution is 8.16. The van der Waals surface area contributed by atoms with Crippen molar-refractivity contribution in [2.75, 3.05) is 16.4 Å². The summed E-state index contributed by atoms with van der Waals surface area (Å²) >= 11 is 7.68. The SMILES string of the molecule is Cc1cccc(Oc2ccc(Cl)cc2N2C(=NC(=O)[C@@H](Cc3ccccc3)NC(=O)OC(C)(C)C)S[C@@H]3CS(=O)(=O)C[C@H]32)c1. The zero-order valence-electron chi connectivity index (χ0n) is 24.8. The maximum Gasteiger partial charge on any atom is 0.408 e. The lowest BCUT2D eigenvalue weighted by Gasteiger charge is -2.27. The molecule has 44 heavy (non-hydrogen) atoms. The third-order valence-electron chi connectivity index (χ3n) is 6.94.